The Kier molecular flexibility index (Phi) is 5.76. The number of fused-ring (bicyclic) bond motifs is 7. The summed E-state index contributed by atoms with van der Waals surface area (Å²) in [6.45, 7) is 14.4. The van der Waals surface area contributed by atoms with Crippen LogP contribution in [0.1, 0.15) is 106 Å². The van der Waals surface area contributed by atoms with Gasteiger partial charge < -0.3 is 14.9 Å². The molecule has 0 saturated heterocycles. The van der Waals surface area contributed by atoms with Gasteiger partial charge in [-0.2, -0.15) is 0 Å². The van der Waals surface area contributed by atoms with Gasteiger partial charge in [0.1, 0.15) is 0 Å². The molecule has 0 bridgehead atoms. The van der Waals surface area contributed by atoms with Gasteiger partial charge in [0.05, 0.1) is 25.2 Å². The van der Waals surface area contributed by atoms with Gasteiger partial charge in [-0.3, -0.25) is 4.79 Å². The van der Waals surface area contributed by atoms with E-state index in [2.05, 4.69) is 47.6 Å². The molecule has 8 atom stereocenters. The fourth-order valence-corrected chi connectivity index (χ4v) is 10.9. The average Bonchev–Trinajstić information content (AvgIpc) is 2.80. The first-order valence-corrected chi connectivity index (χ1v) is 14.3. The predicted octanol–water partition coefficient (Wildman–Crippen LogP) is 6.29. The molecule has 0 aromatic rings. The van der Waals surface area contributed by atoms with Crippen LogP contribution in [0.2, 0.25) is 0 Å². The van der Waals surface area contributed by atoms with Crippen LogP contribution in [0.5, 0.6) is 0 Å². The van der Waals surface area contributed by atoms with Crippen molar-refractivity contribution in [2.24, 2.45) is 50.2 Å². The first-order chi connectivity index (χ1) is 16.2. The molecule has 0 spiro atoms. The summed E-state index contributed by atoms with van der Waals surface area (Å²) in [5.74, 6) is 1.11. The molecule has 198 valence electrons. The number of ether oxygens (including phenoxy) is 1. The zero-order chi connectivity index (χ0) is 25.7. The highest BCUT2D eigenvalue weighted by molar-refractivity contribution is 5.78. The lowest BCUT2D eigenvalue weighted by Crippen LogP contribution is -2.66. The van der Waals surface area contributed by atoms with E-state index in [1.807, 2.05) is 0 Å². The predicted molar refractivity (Wildman–Crippen MR) is 138 cm³/mol. The standard InChI is InChI=1S/C31H50O4/c1-26(2)14-15-30(25(34)35-7)16-17-31(19-32)20(21(30)18-26)8-9-23-28(5)12-11-24(33)27(3,4)22(28)10-13-29(23,31)6/h8,21-24,32-33H,9-19H2,1-7H3/t21-,22+,23-,24-,28-,29+,30-,31-/m0/s1. The van der Waals surface area contributed by atoms with Gasteiger partial charge in [0.15, 0.2) is 0 Å². The molecule has 0 unspecified atom stereocenters. The Bertz CT molecular complexity index is 919. The number of carbonyl (C=O) groups excluding carboxylic acids is 1. The summed E-state index contributed by atoms with van der Waals surface area (Å²) in [6.07, 6.45) is 12.1. The first-order valence-electron chi connectivity index (χ1n) is 14.3. The fraction of sp³-hybridized carbons (Fsp3) is 0.903. The Balaban J connectivity index is 1.63. The second kappa shape index (κ2) is 7.82. The number of hydrogen-bond donors (Lipinski definition) is 2. The SMILES string of the molecule is COC(=O)[C@]12CCC(C)(C)C[C@H]1C1=CC[C@H]3[C@@]4(C)CC[C@H](O)C(C)(C)[C@H]4CC[C@@]3(C)[C@]1(CO)CC2. The van der Waals surface area contributed by atoms with Crippen molar-refractivity contribution in [2.75, 3.05) is 13.7 Å². The van der Waals surface area contributed by atoms with Crippen molar-refractivity contribution in [3.8, 4) is 0 Å². The summed E-state index contributed by atoms with van der Waals surface area (Å²) in [5, 5.41) is 22.2. The second-order valence-corrected chi connectivity index (χ2v) is 15.1. The van der Waals surface area contributed by atoms with Gasteiger partial charge >= 0.3 is 5.97 Å². The molecule has 0 heterocycles. The van der Waals surface area contributed by atoms with E-state index in [9.17, 15) is 15.0 Å². The summed E-state index contributed by atoms with van der Waals surface area (Å²) < 4.78 is 5.46. The average molecular weight is 487 g/mol. The minimum atomic E-state index is -0.435. The van der Waals surface area contributed by atoms with E-state index in [0.717, 1.165) is 64.2 Å². The molecule has 2 N–H and O–H groups in total. The number of hydrogen-bond acceptors (Lipinski definition) is 4. The highest BCUT2D eigenvalue weighted by Gasteiger charge is 2.70. The number of rotatable bonds is 2. The van der Waals surface area contributed by atoms with E-state index in [4.69, 9.17) is 4.74 Å². The summed E-state index contributed by atoms with van der Waals surface area (Å²) in [7, 11) is 1.55. The number of aliphatic hydroxyl groups excluding tert-OH is 2. The number of esters is 1. The van der Waals surface area contributed by atoms with Gasteiger partial charge in [0.25, 0.3) is 0 Å². The van der Waals surface area contributed by atoms with E-state index < -0.39 is 5.41 Å². The molecular formula is C31H50O4. The largest absolute Gasteiger partial charge is 0.469 e. The van der Waals surface area contributed by atoms with Crippen LogP contribution in [0.4, 0.5) is 0 Å². The molecule has 0 radical (unpaired) electrons. The van der Waals surface area contributed by atoms with Crippen LogP contribution in [0.15, 0.2) is 11.6 Å². The summed E-state index contributed by atoms with van der Waals surface area (Å²) >= 11 is 0. The summed E-state index contributed by atoms with van der Waals surface area (Å²) in [4.78, 5) is 13.4. The Hall–Kier alpha value is -0.870. The van der Waals surface area contributed by atoms with Crippen LogP contribution in [0, 0.1) is 50.2 Å². The lowest BCUT2D eigenvalue weighted by atomic mass is 9.33. The third-order valence-corrected chi connectivity index (χ3v) is 13.2. The van der Waals surface area contributed by atoms with Crippen LogP contribution in [0.3, 0.4) is 0 Å². The van der Waals surface area contributed by atoms with Crippen molar-refractivity contribution >= 4 is 5.97 Å². The summed E-state index contributed by atoms with van der Waals surface area (Å²) in [6, 6.07) is 0. The quantitative estimate of drug-likeness (QED) is 0.355. The molecule has 5 rings (SSSR count). The van der Waals surface area contributed by atoms with Crippen LogP contribution in [-0.4, -0.2) is 36.0 Å². The number of allylic oxidation sites excluding steroid dienone is 1. The van der Waals surface area contributed by atoms with Crippen molar-refractivity contribution in [1.82, 2.24) is 0 Å². The normalized spacial score (nSPS) is 50.0. The molecule has 0 aromatic carbocycles. The molecule has 4 fully saturated rings. The van der Waals surface area contributed by atoms with Crippen LogP contribution >= 0.6 is 0 Å². The lowest BCUT2D eigenvalue weighted by Gasteiger charge is -2.71. The maximum absolute atomic E-state index is 13.4. The molecule has 4 saturated carbocycles. The number of aliphatic hydroxyl groups is 2. The highest BCUT2D eigenvalue weighted by atomic mass is 16.5. The van der Waals surface area contributed by atoms with E-state index >= 15 is 0 Å². The molecule has 0 aromatic heterocycles. The fourth-order valence-electron chi connectivity index (χ4n) is 10.9. The third kappa shape index (κ3) is 3.14. The van der Waals surface area contributed by atoms with Crippen molar-refractivity contribution in [1.29, 1.82) is 0 Å². The molecule has 5 aliphatic carbocycles. The van der Waals surface area contributed by atoms with E-state index in [1.165, 1.54) is 5.57 Å². The van der Waals surface area contributed by atoms with Crippen molar-refractivity contribution in [3.05, 3.63) is 11.6 Å². The van der Waals surface area contributed by atoms with Gasteiger partial charge in [-0.25, -0.2) is 0 Å². The van der Waals surface area contributed by atoms with Gasteiger partial charge in [-0.05, 0) is 104 Å². The molecule has 4 nitrogen and oxygen atoms in total. The topological polar surface area (TPSA) is 66.8 Å². The van der Waals surface area contributed by atoms with Crippen molar-refractivity contribution < 1.29 is 19.7 Å². The van der Waals surface area contributed by atoms with Gasteiger partial charge in [-0.1, -0.05) is 53.2 Å². The molecule has 5 aliphatic rings. The smallest absolute Gasteiger partial charge is 0.312 e. The maximum atomic E-state index is 13.4. The van der Waals surface area contributed by atoms with Gasteiger partial charge in [0, 0.05) is 5.41 Å². The van der Waals surface area contributed by atoms with E-state index in [-0.39, 0.29) is 51.7 Å². The lowest BCUT2D eigenvalue weighted by molar-refractivity contribution is -0.215. The molecular weight excluding hydrogens is 436 g/mol. The van der Waals surface area contributed by atoms with E-state index in [1.54, 1.807) is 7.11 Å². The van der Waals surface area contributed by atoms with Gasteiger partial charge in [0.2, 0.25) is 0 Å². The molecule has 4 heteroatoms. The Labute approximate surface area is 213 Å². The Morgan fingerprint density at radius 1 is 0.971 bits per heavy atom. The van der Waals surface area contributed by atoms with Crippen LogP contribution in [0.25, 0.3) is 0 Å². The monoisotopic (exact) mass is 486 g/mol. The Morgan fingerprint density at radius 2 is 1.66 bits per heavy atom. The number of methoxy groups -OCH3 is 1. The van der Waals surface area contributed by atoms with Crippen LogP contribution < -0.4 is 0 Å². The Morgan fingerprint density at radius 3 is 2.31 bits per heavy atom. The molecule has 0 aliphatic heterocycles. The third-order valence-electron chi connectivity index (χ3n) is 13.2. The van der Waals surface area contributed by atoms with E-state index in [0.29, 0.717) is 11.8 Å². The second-order valence-electron chi connectivity index (χ2n) is 15.1. The highest BCUT2D eigenvalue weighted by Crippen LogP contribution is 2.75. The molecule has 35 heavy (non-hydrogen) atoms. The van der Waals surface area contributed by atoms with Crippen molar-refractivity contribution in [3.63, 3.8) is 0 Å². The first kappa shape index (κ1) is 25.8. The maximum Gasteiger partial charge on any atom is 0.312 e. The zero-order valence-electron chi connectivity index (χ0n) is 23.4. The van der Waals surface area contributed by atoms with Crippen LogP contribution in [-0.2, 0) is 9.53 Å². The van der Waals surface area contributed by atoms with Crippen molar-refractivity contribution in [2.45, 2.75) is 112 Å². The minimum Gasteiger partial charge on any atom is -0.469 e. The molecule has 0 amide bonds. The minimum absolute atomic E-state index is 0.000670. The zero-order valence-corrected chi connectivity index (χ0v) is 23.4. The number of carbonyl (C=O) groups is 1. The summed E-state index contributed by atoms with van der Waals surface area (Å²) in [5.41, 5.74) is 0.954. The van der Waals surface area contributed by atoms with Gasteiger partial charge in [-0.15, -0.1) is 0 Å².